The minimum atomic E-state index is -0.990. The van der Waals surface area contributed by atoms with Crippen molar-refractivity contribution in [1.29, 1.82) is 0 Å². The number of carbonyl (C=O) groups is 2. The second-order valence-electron chi connectivity index (χ2n) is 4.31. The van der Waals surface area contributed by atoms with Crippen LogP contribution in [-0.4, -0.2) is 46.5 Å². The highest BCUT2D eigenvalue weighted by Gasteiger charge is 2.17. The Balaban J connectivity index is 3.02. The number of carbonyl (C=O) groups excluding carboxylic acids is 2. The third-order valence-corrected chi connectivity index (χ3v) is 2.68. The highest BCUT2D eigenvalue weighted by Crippen LogP contribution is 2.26. The number of methoxy groups -OCH3 is 3. The van der Waals surface area contributed by atoms with Crippen LogP contribution in [0.1, 0.15) is 0 Å². The minimum Gasteiger partial charge on any atom is -0.485 e. The van der Waals surface area contributed by atoms with Crippen molar-refractivity contribution in [1.82, 2.24) is 0 Å². The number of rotatable bonds is 8. The summed E-state index contributed by atoms with van der Waals surface area (Å²) in [7, 11) is 3.62. The summed E-state index contributed by atoms with van der Waals surface area (Å²) in [5, 5.41) is 2.40. The van der Waals surface area contributed by atoms with E-state index < -0.39 is 29.3 Å². The lowest BCUT2D eigenvalue weighted by molar-refractivity contribution is -0.138. The van der Waals surface area contributed by atoms with Crippen molar-refractivity contribution in [2.75, 3.05) is 39.9 Å². The van der Waals surface area contributed by atoms with Gasteiger partial charge in [-0.3, -0.25) is 0 Å². The van der Waals surface area contributed by atoms with E-state index in [9.17, 15) is 18.4 Å². The molecule has 0 amide bonds. The van der Waals surface area contributed by atoms with Crippen LogP contribution in [0.5, 0.6) is 5.75 Å². The molecule has 1 rings (SSSR count). The zero-order valence-corrected chi connectivity index (χ0v) is 13.4. The zero-order valence-electron chi connectivity index (χ0n) is 13.4. The van der Waals surface area contributed by atoms with E-state index in [2.05, 4.69) is 14.8 Å². The SMILES string of the molecule is COCCOc1c(F)cc(N/C(=C/C(=O)OC)C(=O)OC)cc1F. The predicted molar refractivity (Wildman–Crippen MR) is 79.5 cm³/mol. The second-order valence-corrected chi connectivity index (χ2v) is 4.31. The lowest BCUT2D eigenvalue weighted by atomic mass is 10.2. The average Bonchev–Trinajstić information content (AvgIpc) is 2.55. The van der Waals surface area contributed by atoms with Gasteiger partial charge in [0.2, 0.25) is 0 Å². The van der Waals surface area contributed by atoms with E-state index in [4.69, 9.17) is 9.47 Å². The maximum Gasteiger partial charge on any atom is 0.354 e. The Morgan fingerprint density at radius 3 is 2.21 bits per heavy atom. The highest BCUT2D eigenvalue weighted by atomic mass is 19.1. The number of nitrogens with one attached hydrogen (secondary N) is 1. The van der Waals surface area contributed by atoms with Gasteiger partial charge in [0.15, 0.2) is 17.4 Å². The van der Waals surface area contributed by atoms with Gasteiger partial charge in [-0.2, -0.15) is 0 Å². The molecule has 0 aromatic heterocycles. The molecule has 0 radical (unpaired) electrons. The molecule has 0 saturated heterocycles. The first-order chi connectivity index (χ1) is 11.4. The molecule has 0 bridgehead atoms. The van der Waals surface area contributed by atoms with Gasteiger partial charge in [0.05, 0.1) is 26.9 Å². The van der Waals surface area contributed by atoms with Gasteiger partial charge in [0.25, 0.3) is 0 Å². The summed E-state index contributed by atoms with van der Waals surface area (Å²) in [6.07, 6.45) is 0.796. The third-order valence-electron chi connectivity index (χ3n) is 2.68. The molecule has 0 spiro atoms. The summed E-state index contributed by atoms with van der Waals surface area (Å²) in [4.78, 5) is 22.8. The van der Waals surface area contributed by atoms with Gasteiger partial charge < -0.3 is 24.3 Å². The fourth-order valence-electron chi connectivity index (χ4n) is 1.59. The molecular weight excluding hydrogens is 328 g/mol. The van der Waals surface area contributed by atoms with Crippen LogP contribution in [0.2, 0.25) is 0 Å². The van der Waals surface area contributed by atoms with Gasteiger partial charge >= 0.3 is 11.9 Å². The summed E-state index contributed by atoms with van der Waals surface area (Å²) in [6.45, 7) is 0.125. The molecule has 132 valence electrons. The monoisotopic (exact) mass is 345 g/mol. The molecule has 0 unspecified atom stereocenters. The Bertz CT molecular complexity index is 609. The molecule has 0 aliphatic heterocycles. The zero-order chi connectivity index (χ0) is 18.1. The lowest BCUT2D eigenvalue weighted by Gasteiger charge is -2.12. The van der Waals surface area contributed by atoms with Crippen molar-refractivity contribution in [2.24, 2.45) is 0 Å². The minimum absolute atomic E-state index is 0.0350. The summed E-state index contributed by atoms with van der Waals surface area (Å²) in [5.74, 6) is -4.31. The lowest BCUT2D eigenvalue weighted by Crippen LogP contribution is -2.16. The second kappa shape index (κ2) is 9.46. The Morgan fingerprint density at radius 1 is 1.08 bits per heavy atom. The van der Waals surface area contributed by atoms with Crippen LogP contribution in [-0.2, 0) is 23.8 Å². The van der Waals surface area contributed by atoms with Crippen molar-refractivity contribution in [3.05, 3.63) is 35.5 Å². The molecule has 1 aromatic rings. The van der Waals surface area contributed by atoms with Gasteiger partial charge in [-0.05, 0) is 0 Å². The normalized spacial score (nSPS) is 11.0. The van der Waals surface area contributed by atoms with Crippen LogP contribution >= 0.6 is 0 Å². The molecule has 7 nitrogen and oxygen atoms in total. The molecule has 1 N–H and O–H groups in total. The van der Waals surface area contributed by atoms with Crippen molar-refractivity contribution in [3.8, 4) is 5.75 Å². The highest BCUT2D eigenvalue weighted by molar-refractivity contribution is 5.98. The van der Waals surface area contributed by atoms with Crippen LogP contribution in [0.25, 0.3) is 0 Å². The molecule has 1 aromatic carbocycles. The Labute approximate surface area is 137 Å². The Kier molecular flexibility index (Phi) is 7.63. The molecule has 0 aliphatic rings. The van der Waals surface area contributed by atoms with Crippen LogP contribution in [0.15, 0.2) is 23.9 Å². The standard InChI is InChI=1S/C15H17F2NO6/c1-21-4-5-24-14-10(16)6-9(7-11(14)17)18-12(15(20)23-3)8-13(19)22-2/h6-8,18H,4-5H2,1-3H3/b12-8+. The molecule has 24 heavy (non-hydrogen) atoms. The summed E-state index contributed by atoms with van der Waals surface area (Å²) in [5.41, 5.74) is -0.471. The first-order valence-electron chi connectivity index (χ1n) is 6.68. The van der Waals surface area contributed by atoms with Crippen LogP contribution in [0.3, 0.4) is 0 Å². The van der Waals surface area contributed by atoms with E-state index in [0.717, 1.165) is 32.4 Å². The smallest absolute Gasteiger partial charge is 0.354 e. The van der Waals surface area contributed by atoms with E-state index in [1.54, 1.807) is 0 Å². The van der Waals surface area contributed by atoms with Crippen molar-refractivity contribution in [2.45, 2.75) is 0 Å². The Hall–Kier alpha value is -2.68. The van der Waals surface area contributed by atoms with Gasteiger partial charge in [0.1, 0.15) is 12.3 Å². The molecule has 0 atom stereocenters. The number of ether oxygens (including phenoxy) is 4. The predicted octanol–water partition coefficient (Wildman–Crippen LogP) is 1.63. The quantitative estimate of drug-likeness (QED) is 0.435. The van der Waals surface area contributed by atoms with Gasteiger partial charge in [-0.1, -0.05) is 0 Å². The fraction of sp³-hybridized carbons (Fsp3) is 0.333. The molecule has 0 fully saturated rings. The summed E-state index contributed by atoms with van der Waals surface area (Å²) < 4.78 is 46.4. The van der Waals surface area contributed by atoms with Crippen molar-refractivity contribution in [3.63, 3.8) is 0 Å². The van der Waals surface area contributed by atoms with Crippen LogP contribution in [0.4, 0.5) is 14.5 Å². The summed E-state index contributed by atoms with van der Waals surface area (Å²) >= 11 is 0. The van der Waals surface area contributed by atoms with Gasteiger partial charge in [-0.15, -0.1) is 0 Å². The fourth-order valence-corrected chi connectivity index (χ4v) is 1.59. The first kappa shape index (κ1) is 19.4. The molecule has 0 saturated carbocycles. The van der Waals surface area contributed by atoms with E-state index >= 15 is 0 Å². The molecule has 0 aliphatic carbocycles. The maximum absolute atomic E-state index is 13.9. The number of anilines is 1. The van der Waals surface area contributed by atoms with Crippen LogP contribution < -0.4 is 10.1 Å². The van der Waals surface area contributed by atoms with Gasteiger partial charge in [0, 0.05) is 24.9 Å². The summed E-state index contributed by atoms with van der Waals surface area (Å²) in [6, 6.07) is 1.80. The first-order valence-corrected chi connectivity index (χ1v) is 6.68. The third kappa shape index (κ3) is 5.51. The average molecular weight is 345 g/mol. The van der Waals surface area contributed by atoms with E-state index in [1.807, 2.05) is 0 Å². The number of esters is 2. The molecule has 0 heterocycles. The van der Waals surface area contributed by atoms with E-state index in [0.29, 0.717) is 0 Å². The molecular formula is C15H17F2NO6. The van der Waals surface area contributed by atoms with Crippen LogP contribution in [0, 0.1) is 11.6 Å². The number of hydrogen-bond acceptors (Lipinski definition) is 7. The van der Waals surface area contributed by atoms with Crippen molar-refractivity contribution < 1.29 is 37.3 Å². The molecule has 9 heteroatoms. The van der Waals surface area contributed by atoms with E-state index in [1.165, 1.54) is 7.11 Å². The van der Waals surface area contributed by atoms with Crippen molar-refractivity contribution >= 4 is 17.6 Å². The number of hydrogen-bond donors (Lipinski definition) is 1. The number of benzene rings is 1. The van der Waals surface area contributed by atoms with E-state index in [-0.39, 0.29) is 24.6 Å². The maximum atomic E-state index is 13.9. The van der Waals surface area contributed by atoms with Gasteiger partial charge in [-0.25, -0.2) is 18.4 Å². The Morgan fingerprint density at radius 2 is 1.71 bits per heavy atom. The largest absolute Gasteiger partial charge is 0.485 e. The number of halogens is 2. The topological polar surface area (TPSA) is 83.1 Å².